The Bertz CT molecular complexity index is 509. The van der Waals surface area contributed by atoms with E-state index >= 15 is 0 Å². The molecule has 5 heteroatoms. The van der Waals surface area contributed by atoms with Crippen LogP contribution in [0.4, 0.5) is 13.2 Å². The summed E-state index contributed by atoms with van der Waals surface area (Å²) in [6.07, 6.45) is 2.60. The molecule has 0 aliphatic carbocycles. The first-order valence-corrected chi connectivity index (χ1v) is 7.72. The summed E-state index contributed by atoms with van der Waals surface area (Å²) >= 11 is 0. The van der Waals surface area contributed by atoms with Gasteiger partial charge in [-0.1, -0.05) is 25.2 Å². The fraction of sp³-hybridized carbons (Fsp3) is 0.556. The highest BCUT2D eigenvalue weighted by molar-refractivity contribution is 5.72. The summed E-state index contributed by atoms with van der Waals surface area (Å²) in [5.74, 6) is -0.146. The van der Waals surface area contributed by atoms with Crippen LogP contribution in [0.1, 0.15) is 40.5 Å². The summed E-state index contributed by atoms with van der Waals surface area (Å²) in [7, 11) is 1.69. The van der Waals surface area contributed by atoms with Gasteiger partial charge >= 0.3 is 6.18 Å². The van der Waals surface area contributed by atoms with E-state index in [-0.39, 0.29) is 11.8 Å². The highest BCUT2D eigenvalue weighted by Gasteiger charge is 2.32. The number of rotatable bonds is 7. The molecule has 0 saturated carbocycles. The number of amides is 1. The quantitative estimate of drug-likeness (QED) is 0.473. The molecule has 23 heavy (non-hydrogen) atoms. The van der Waals surface area contributed by atoms with E-state index in [4.69, 9.17) is 0 Å². The number of carbonyl (C=O) groups excluding carboxylic acids is 1. The van der Waals surface area contributed by atoms with Crippen LogP contribution in [0, 0.1) is 5.92 Å². The van der Waals surface area contributed by atoms with Gasteiger partial charge in [0.15, 0.2) is 0 Å². The lowest BCUT2D eigenvalue weighted by molar-refractivity contribution is -0.127. The Kier molecular flexibility index (Phi) is 9.35. The maximum atomic E-state index is 13.1. The first kappa shape index (κ1) is 21.3. The van der Waals surface area contributed by atoms with Crippen molar-refractivity contribution in [2.45, 2.75) is 46.7 Å². The van der Waals surface area contributed by atoms with Crippen LogP contribution in [0.15, 0.2) is 41.2 Å². The van der Waals surface area contributed by atoms with E-state index in [9.17, 15) is 18.0 Å². The molecule has 1 amide bonds. The number of carbonyl (C=O) groups is 1. The molecule has 2 nitrogen and oxygen atoms in total. The molecule has 1 unspecified atom stereocenters. The zero-order valence-corrected chi connectivity index (χ0v) is 14.5. The number of alkyl halides is 3. The van der Waals surface area contributed by atoms with E-state index in [1.165, 1.54) is 13.0 Å². The van der Waals surface area contributed by atoms with Gasteiger partial charge in [0.05, 0.1) is 5.57 Å². The first-order valence-electron chi connectivity index (χ1n) is 7.72. The lowest BCUT2D eigenvalue weighted by Crippen LogP contribution is -2.26. The van der Waals surface area contributed by atoms with Gasteiger partial charge in [0.25, 0.3) is 0 Å². The van der Waals surface area contributed by atoms with E-state index in [0.29, 0.717) is 25.0 Å². The normalized spacial score (nSPS) is 13.2. The molecule has 0 aromatic heterocycles. The molecular formula is C18H26F3NO. The molecule has 0 aromatic carbocycles. The van der Waals surface area contributed by atoms with Crippen LogP contribution >= 0.6 is 0 Å². The summed E-state index contributed by atoms with van der Waals surface area (Å²) in [5.41, 5.74) is 2.26. The van der Waals surface area contributed by atoms with Crippen LogP contribution < -0.4 is 0 Å². The van der Waals surface area contributed by atoms with Gasteiger partial charge in [-0.25, -0.2) is 0 Å². The van der Waals surface area contributed by atoms with Gasteiger partial charge in [-0.3, -0.25) is 4.79 Å². The minimum absolute atomic E-state index is 0.0585. The van der Waals surface area contributed by atoms with Crippen molar-refractivity contribution in [3.05, 3.63) is 41.2 Å². The average molecular weight is 329 g/mol. The Morgan fingerprint density at radius 1 is 1.22 bits per heavy atom. The van der Waals surface area contributed by atoms with E-state index < -0.39 is 11.7 Å². The Morgan fingerprint density at radius 3 is 2.17 bits per heavy atom. The number of halogens is 3. The van der Waals surface area contributed by atoms with Crippen LogP contribution in [-0.4, -0.2) is 30.6 Å². The van der Waals surface area contributed by atoms with Crippen molar-refractivity contribution in [2.75, 3.05) is 13.6 Å². The Balaban J connectivity index is 5.71. The maximum absolute atomic E-state index is 13.1. The number of hydrogen-bond donors (Lipinski definition) is 0. The molecule has 0 spiro atoms. The van der Waals surface area contributed by atoms with Crippen molar-refractivity contribution in [3.63, 3.8) is 0 Å². The summed E-state index contributed by atoms with van der Waals surface area (Å²) < 4.78 is 39.2. The van der Waals surface area contributed by atoms with Crippen molar-refractivity contribution < 1.29 is 18.0 Å². The highest BCUT2D eigenvalue weighted by Crippen LogP contribution is 2.28. The van der Waals surface area contributed by atoms with Crippen molar-refractivity contribution in [1.29, 1.82) is 0 Å². The molecule has 0 bridgehead atoms. The standard InChI is InChI=1S/C18H26F3NO/c1-6-9-16(13-17(10-7-2)18(19,20)21)15(8-3)11-12-22(5)14(4)23/h6-7,9-10,15H,8,11-12H2,1-5H3/b9-6-,10-7-. The van der Waals surface area contributed by atoms with Crippen molar-refractivity contribution in [2.24, 2.45) is 5.92 Å². The van der Waals surface area contributed by atoms with Crippen LogP contribution in [0.25, 0.3) is 0 Å². The van der Waals surface area contributed by atoms with E-state index in [2.05, 4.69) is 5.73 Å². The largest absolute Gasteiger partial charge is 0.423 e. The van der Waals surface area contributed by atoms with Crippen molar-refractivity contribution >= 4 is 5.91 Å². The maximum Gasteiger partial charge on any atom is 0.423 e. The predicted octanol–water partition coefficient (Wildman–Crippen LogP) is 5.05. The van der Waals surface area contributed by atoms with Gasteiger partial charge in [0, 0.05) is 20.5 Å². The Morgan fingerprint density at radius 2 is 1.78 bits per heavy atom. The molecule has 0 aromatic rings. The fourth-order valence-corrected chi connectivity index (χ4v) is 2.08. The molecule has 0 saturated heterocycles. The number of allylic oxidation sites excluding steroid dienone is 5. The van der Waals surface area contributed by atoms with Gasteiger partial charge in [0.2, 0.25) is 5.91 Å². The van der Waals surface area contributed by atoms with Crippen LogP contribution in [0.5, 0.6) is 0 Å². The average Bonchev–Trinajstić information content (AvgIpc) is 2.45. The van der Waals surface area contributed by atoms with Crippen LogP contribution in [0.3, 0.4) is 0 Å². The fourth-order valence-electron chi connectivity index (χ4n) is 2.08. The second-order valence-electron chi connectivity index (χ2n) is 5.33. The Hall–Kier alpha value is -1.74. The monoisotopic (exact) mass is 329 g/mol. The minimum Gasteiger partial charge on any atom is -0.346 e. The second-order valence-corrected chi connectivity index (χ2v) is 5.33. The lowest BCUT2D eigenvalue weighted by atomic mass is 9.92. The molecule has 0 fully saturated rings. The molecule has 0 rings (SSSR count). The molecule has 0 N–H and O–H groups in total. The SMILES string of the molecule is C/C=C\C(=C=C(/C=C\C)C(F)(F)F)C(CC)CCN(C)C(C)=O. The molecule has 130 valence electrons. The first-order chi connectivity index (χ1) is 10.7. The molecule has 0 aliphatic rings. The molecule has 0 aliphatic heterocycles. The zero-order chi connectivity index (χ0) is 18.0. The van der Waals surface area contributed by atoms with E-state index in [1.54, 1.807) is 37.9 Å². The topological polar surface area (TPSA) is 20.3 Å². The van der Waals surface area contributed by atoms with Gasteiger partial charge in [0.1, 0.15) is 0 Å². The van der Waals surface area contributed by atoms with E-state index in [1.807, 2.05) is 6.92 Å². The van der Waals surface area contributed by atoms with Crippen molar-refractivity contribution in [3.8, 4) is 0 Å². The molecular weight excluding hydrogens is 303 g/mol. The highest BCUT2D eigenvalue weighted by atomic mass is 19.4. The summed E-state index contributed by atoms with van der Waals surface area (Å²) in [6, 6.07) is 0. The van der Waals surface area contributed by atoms with Crippen LogP contribution in [0.2, 0.25) is 0 Å². The molecule has 1 atom stereocenters. The van der Waals surface area contributed by atoms with Gasteiger partial charge in [-0.15, -0.1) is 5.73 Å². The zero-order valence-electron chi connectivity index (χ0n) is 14.5. The summed E-state index contributed by atoms with van der Waals surface area (Å²) in [4.78, 5) is 12.8. The van der Waals surface area contributed by atoms with Crippen LogP contribution in [-0.2, 0) is 4.79 Å². The second kappa shape index (κ2) is 10.1. The summed E-state index contributed by atoms with van der Waals surface area (Å²) in [6.45, 7) is 7.20. The van der Waals surface area contributed by atoms with E-state index in [0.717, 1.165) is 6.08 Å². The van der Waals surface area contributed by atoms with Gasteiger partial charge in [-0.05, 0) is 44.3 Å². The number of hydrogen-bond acceptors (Lipinski definition) is 1. The molecule has 0 heterocycles. The smallest absolute Gasteiger partial charge is 0.346 e. The third kappa shape index (κ3) is 7.89. The third-order valence-electron chi connectivity index (χ3n) is 3.55. The minimum atomic E-state index is -4.44. The van der Waals surface area contributed by atoms with Gasteiger partial charge < -0.3 is 4.90 Å². The van der Waals surface area contributed by atoms with Gasteiger partial charge in [-0.2, -0.15) is 13.2 Å². The summed E-state index contributed by atoms with van der Waals surface area (Å²) in [5, 5.41) is 0. The Labute approximate surface area is 137 Å². The number of nitrogens with zero attached hydrogens (tertiary/aromatic N) is 1. The molecule has 0 radical (unpaired) electrons. The predicted molar refractivity (Wildman–Crippen MR) is 87.9 cm³/mol. The third-order valence-corrected chi connectivity index (χ3v) is 3.55. The lowest BCUT2D eigenvalue weighted by Gasteiger charge is -2.20. The van der Waals surface area contributed by atoms with Crippen molar-refractivity contribution in [1.82, 2.24) is 4.90 Å².